The van der Waals surface area contributed by atoms with E-state index in [1.165, 1.54) is 141 Å². The molecular weight excluding hydrogens is 376 g/mol. The first-order valence-corrected chi connectivity index (χ1v) is 14.7. The Hall–Kier alpha value is -0.330. The van der Waals surface area contributed by atoms with E-state index in [0.29, 0.717) is 17.3 Å². The summed E-state index contributed by atoms with van der Waals surface area (Å²) in [4.78, 5) is 12.7. The third-order valence-corrected chi connectivity index (χ3v) is 10.1. The standard InChI is InChI=1S/C30H54O/c1-3-5-6-7-9-13-26-16-18-27(19-17-26)29(24-31)30(28-14-10-8-11-15-28)22-20-25(12-4-2)21-23-30/h24-29H,3-23H2,1-2H3. The molecule has 3 fully saturated rings. The Kier molecular flexibility index (Phi) is 10.9. The third-order valence-electron chi connectivity index (χ3n) is 10.1. The summed E-state index contributed by atoms with van der Waals surface area (Å²) in [5.41, 5.74) is 0.365. The number of aldehydes is 1. The molecule has 3 saturated carbocycles. The molecule has 0 radical (unpaired) electrons. The monoisotopic (exact) mass is 430 g/mol. The SMILES string of the molecule is CCCCCCCC1CCC(C(C=O)C2(C3CCCCC3)CCC(CCC)CC2)CC1. The first-order valence-electron chi connectivity index (χ1n) is 14.7. The largest absolute Gasteiger partial charge is 0.303 e. The first-order chi connectivity index (χ1) is 15.2. The summed E-state index contributed by atoms with van der Waals surface area (Å²) in [6.07, 6.45) is 30.9. The van der Waals surface area contributed by atoms with Gasteiger partial charge < -0.3 is 4.79 Å². The van der Waals surface area contributed by atoms with Gasteiger partial charge in [-0.05, 0) is 80.5 Å². The summed E-state index contributed by atoms with van der Waals surface area (Å²) in [5, 5.41) is 0. The molecular formula is C30H54O. The molecule has 3 rings (SSSR count). The predicted molar refractivity (Wildman–Crippen MR) is 134 cm³/mol. The first kappa shape index (κ1) is 25.3. The molecule has 0 bridgehead atoms. The molecule has 3 aliphatic rings. The summed E-state index contributed by atoms with van der Waals surface area (Å²) < 4.78 is 0. The van der Waals surface area contributed by atoms with Gasteiger partial charge in [0.1, 0.15) is 6.29 Å². The van der Waals surface area contributed by atoms with Crippen molar-refractivity contribution in [3.63, 3.8) is 0 Å². The van der Waals surface area contributed by atoms with E-state index in [4.69, 9.17) is 0 Å². The molecule has 1 nitrogen and oxygen atoms in total. The lowest BCUT2D eigenvalue weighted by molar-refractivity contribution is -0.125. The number of rotatable bonds is 12. The van der Waals surface area contributed by atoms with Gasteiger partial charge in [-0.2, -0.15) is 0 Å². The number of hydrogen-bond donors (Lipinski definition) is 0. The maximum Gasteiger partial charge on any atom is 0.123 e. The zero-order chi connectivity index (χ0) is 21.9. The van der Waals surface area contributed by atoms with Gasteiger partial charge in [0.15, 0.2) is 0 Å². The predicted octanol–water partition coefficient (Wildman–Crippen LogP) is 9.53. The Morgan fingerprint density at radius 1 is 0.710 bits per heavy atom. The van der Waals surface area contributed by atoms with Crippen LogP contribution in [0.3, 0.4) is 0 Å². The number of carbonyl (C=O) groups is 1. The molecule has 1 heteroatoms. The van der Waals surface area contributed by atoms with Crippen LogP contribution in [0.4, 0.5) is 0 Å². The van der Waals surface area contributed by atoms with Crippen molar-refractivity contribution in [1.82, 2.24) is 0 Å². The van der Waals surface area contributed by atoms with Crippen molar-refractivity contribution in [2.45, 2.75) is 149 Å². The van der Waals surface area contributed by atoms with Crippen molar-refractivity contribution >= 4 is 6.29 Å². The van der Waals surface area contributed by atoms with E-state index in [9.17, 15) is 4.79 Å². The second-order valence-corrected chi connectivity index (χ2v) is 11.9. The number of unbranched alkanes of at least 4 members (excludes halogenated alkanes) is 4. The minimum absolute atomic E-state index is 0.365. The van der Waals surface area contributed by atoms with Gasteiger partial charge >= 0.3 is 0 Å². The fourth-order valence-electron chi connectivity index (χ4n) is 8.19. The lowest BCUT2D eigenvalue weighted by Crippen LogP contribution is -2.46. The summed E-state index contributed by atoms with van der Waals surface area (Å²) in [5.74, 6) is 3.80. The van der Waals surface area contributed by atoms with Crippen molar-refractivity contribution < 1.29 is 4.79 Å². The molecule has 0 saturated heterocycles. The Bertz CT molecular complexity index is 475. The highest BCUT2D eigenvalue weighted by molar-refractivity contribution is 5.56. The van der Waals surface area contributed by atoms with Crippen LogP contribution in [0.15, 0.2) is 0 Å². The van der Waals surface area contributed by atoms with Crippen LogP contribution in [-0.4, -0.2) is 6.29 Å². The molecule has 0 aromatic rings. The van der Waals surface area contributed by atoms with Gasteiger partial charge in [0.05, 0.1) is 0 Å². The third kappa shape index (κ3) is 6.83. The Morgan fingerprint density at radius 2 is 1.35 bits per heavy atom. The van der Waals surface area contributed by atoms with E-state index >= 15 is 0 Å². The molecule has 180 valence electrons. The van der Waals surface area contributed by atoms with Gasteiger partial charge in [-0.15, -0.1) is 0 Å². The van der Waals surface area contributed by atoms with Gasteiger partial charge in [-0.25, -0.2) is 0 Å². The molecule has 31 heavy (non-hydrogen) atoms. The molecule has 0 aliphatic heterocycles. The fourth-order valence-corrected chi connectivity index (χ4v) is 8.19. The fraction of sp³-hybridized carbons (Fsp3) is 0.967. The van der Waals surface area contributed by atoms with E-state index in [2.05, 4.69) is 13.8 Å². The topological polar surface area (TPSA) is 17.1 Å². The van der Waals surface area contributed by atoms with Gasteiger partial charge in [0.25, 0.3) is 0 Å². The summed E-state index contributed by atoms with van der Waals surface area (Å²) in [6, 6.07) is 0. The van der Waals surface area contributed by atoms with Gasteiger partial charge in [-0.1, -0.05) is 97.3 Å². The molecule has 0 aromatic carbocycles. The van der Waals surface area contributed by atoms with E-state index < -0.39 is 0 Å². The van der Waals surface area contributed by atoms with Crippen LogP contribution in [0.2, 0.25) is 0 Å². The second kappa shape index (κ2) is 13.4. The van der Waals surface area contributed by atoms with Crippen LogP contribution in [0.5, 0.6) is 0 Å². The zero-order valence-electron chi connectivity index (χ0n) is 21.2. The molecule has 1 atom stereocenters. The zero-order valence-corrected chi connectivity index (χ0v) is 21.2. The maximum absolute atomic E-state index is 12.7. The summed E-state index contributed by atoms with van der Waals surface area (Å²) in [6.45, 7) is 4.65. The molecule has 0 heterocycles. The van der Waals surface area contributed by atoms with Crippen molar-refractivity contribution in [2.75, 3.05) is 0 Å². The summed E-state index contributed by atoms with van der Waals surface area (Å²) in [7, 11) is 0. The number of carbonyl (C=O) groups excluding carboxylic acids is 1. The maximum atomic E-state index is 12.7. The minimum atomic E-state index is 0.365. The van der Waals surface area contributed by atoms with Crippen molar-refractivity contribution in [1.29, 1.82) is 0 Å². The highest BCUT2D eigenvalue weighted by Gasteiger charge is 2.49. The Balaban J connectivity index is 1.59. The molecule has 0 N–H and O–H groups in total. The average molecular weight is 431 g/mol. The van der Waals surface area contributed by atoms with Gasteiger partial charge in [-0.3, -0.25) is 0 Å². The summed E-state index contributed by atoms with van der Waals surface area (Å²) >= 11 is 0. The highest BCUT2D eigenvalue weighted by atomic mass is 16.1. The van der Waals surface area contributed by atoms with E-state index in [1.807, 2.05) is 0 Å². The normalized spacial score (nSPS) is 33.8. The molecule has 0 spiro atoms. The van der Waals surface area contributed by atoms with Gasteiger partial charge in [0, 0.05) is 5.92 Å². The Labute approximate surface area is 194 Å². The van der Waals surface area contributed by atoms with Crippen LogP contribution >= 0.6 is 0 Å². The van der Waals surface area contributed by atoms with Crippen LogP contribution in [0.25, 0.3) is 0 Å². The average Bonchev–Trinajstić information content (AvgIpc) is 2.82. The van der Waals surface area contributed by atoms with Crippen LogP contribution in [0.1, 0.15) is 149 Å². The molecule has 1 unspecified atom stereocenters. The van der Waals surface area contributed by atoms with Crippen molar-refractivity contribution in [2.24, 2.45) is 35.0 Å². The Morgan fingerprint density at radius 3 is 1.97 bits per heavy atom. The van der Waals surface area contributed by atoms with Crippen LogP contribution < -0.4 is 0 Å². The van der Waals surface area contributed by atoms with Crippen molar-refractivity contribution in [3.8, 4) is 0 Å². The van der Waals surface area contributed by atoms with Crippen LogP contribution in [0, 0.1) is 35.0 Å². The molecule has 3 aliphatic carbocycles. The van der Waals surface area contributed by atoms with E-state index in [0.717, 1.165) is 17.8 Å². The van der Waals surface area contributed by atoms with Crippen LogP contribution in [-0.2, 0) is 4.79 Å². The smallest absolute Gasteiger partial charge is 0.123 e. The van der Waals surface area contributed by atoms with Crippen molar-refractivity contribution in [3.05, 3.63) is 0 Å². The minimum Gasteiger partial charge on any atom is -0.303 e. The number of hydrogen-bond acceptors (Lipinski definition) is 1. The lowest BCUT2D eigenvalue weighted by Gasteiger charge is -2.53. The van der Waals surface area contributed by atoms with E-state index in [1.54, 1.807) is 0 Å². The van der Waals surface area contributed by atoms with Gasteiger partial charge in [0.2, 0.25) is 0 Å². The molecule has 0 aromatic heterocycles. The van der Waals surface area contributed by atoms with E-state index in [-0.39, 0.29) is 0 Å². The quantitative estimate of drug-likeness (QED) is 0.222. The lowest BCUT2D eigenvalue weighted by atomic mass is 9.51. The highest BCUT2D eigenvalue weighted by Crippen LogP contribution is 2.57. The second-order valence-electron chi connectivity index (χ2n) is 11.9. The molecule has 0 amide bonds.